The van der Waals surface area contributed by atoms with Gasteiger partial charge in [0.05, 0.1) is 19.8 Å². The summed E-state index contributed by atoms with van der Waals surface area (Å²) < 4.78 is 5.10. The number of halogens is 1. The van der Waals surface area contributed by atoms with Gasteiger partial charge in [0.25, 0.3) is 0 Å². The lowest BCUT2D eigenvalue weighted by Gasteiger charge is -2.26. The Morgan fingerprint density at radius 2 is 2.06 bits per heavy atom. The largest absolute Gasteiger partial charge is 0.497 e. The minimum Gasteiger partial charge on any atom is -0.497 e. The lowest BCUT2D eigenvalue weighted by Crippen LogP contribution is -2.28. The minimum absolute atomic E-state index is 0.0347. The summed E-state index contributed by atoms with van der Waals surface area (Å²) in [6, 6.07) is 7.54. The smallest absolute Gasteiger partial charge is 0.118 e. The molecule has 1 aromatic rings. The quantitative estimate of drug-likeness (QED) is 0.847. The molecule has 1 N–H and O–H groups in total. The van der Waals surface area contributed by atoms with E-state index < -0.39 is 0 Å². The number of ether oxygens (including phenoxy) is 1. The lowest BCUT2D eigenvalue weighted by atomic mass is 10.1. The van der Waals surface area contributed by atoms with E-state index >= 15 is 0 Å². The number of aliphatic hydroxyl groups is 1. The lowest BCUT2D eigenvalue weighted by molar-refractivity contribution is 0.158. The summed E-state index contributed by atoms with van der Waals surface area (Å²) >= 11 is 5.77. The number of hydrogen-bond acceptors (Lipinski definition) is 3. The van der Waals surface area contributed by atoms with Gasteiger partial charge < -0.3 is 9.84 Å². The minimum atomic E-state index is -0.0867. The van der Waals surface area contributed by atoms with Gasteiger partial charge in [-0.1, -0.05) is 30.3 Å². The summed E-state index contributed by atoms with van der Waals surface area (Å²) in [4.78, 5) is 1.96. The maximum Gasteiger partial charge on any atom is 0.118 e. The predicted octanol–water partition coefficient (Wildman–Crippen LogP) is 2.41. The summed E-state index contributed by atoms with van der Waals surface area (Å²) in [5.74, 6) is 0.801. The van der Waals surface area contributed by atoms with E-state index in [1.54, 1.807) is 7.11 Å². The zero-order valence-electron chi connectivity index (χ0n) is 10.2. The molecule has 0 aliphatic rings. The third-order valence-corrected chi connectivity index (χ3v) is 2.75. The first kappa shape index (κ1) is 14.0. The molecule has 0 aliphatic carbocycles. The molecule has 1 rings (SSSR count). The number of nitrogens with zero attached hydrogens (tertiary/aromatic N) is 1. The van der Waals surface area contributed by atoms with Crippen molar-refractivity contribution in [3.63, 3.8) is 0 Å². The molecule has 0 saturated carbocycles. The molecule has 94 valence electrons. The molecule has 1 aromatic carbocycles. The van der Waals surface area contributed by atoms with Crippen LogP contribution in [0.25, 0.3) is 0 Å². The fourth-order valence-corrected chi connectivity index (χ4v) is 1.89. The van der Waals surface area contributed by atoms with Crippen molar-refractivity contribution in [2.45, 2.75) is 6.04 Å². The van der Waals surface area contributed by atoms with Gasteiger partial charge in [0.2, 0.25) is 0 Å². The molecule has 0 saturated heterocycles. The Bertz CT molecular complexity index is 364. The van der Waals surface area contributed by atoms with Crippen LogP contribution in [0.1, 0.15) is 11.6 Å². The number of benzene rings is 1. The Kier molecular flexibility index (Phi) is 5.48. The second-order valence-electron chi connectivity index (χ2n) is 3.90. The van der Waals surface area contributed by atoms with Crippen molar-refractivity contribution in [2.24, 2.45) is 0 Å². The van der Waals surface area contributed by atoms with Gasteiger partial charge in [0.15, 0.2) is 0 Å². The van der Waals surface area contributed by atoms with Crippen LogP contribution in [0.4, 0.5) is 0 Å². The van der Waals surface area contributed by atoms with Crippen molar-refractivity contribution in [2.75, 3.05) is 27.3 Å². The van der Waals surface area contributed by atoms with Crippen molar-refractivity contribution < 1.29 is 9.84 Å². The summed E-state index contributed by atoms with van der Waals surface area (Å²) in [6.45, 7) is 4.23. The first-order valence-electron chi connectivity index (χ1n) is 5.36. The third-order valence-electron chi connectivity index (χ3n) is 2.63. The van der Waals surface area contributed by atoms with Crippen molar-refractivity contribution >= 4 is 11.6 Å². The molecule has 0 amide bonds. The van der Waals surface area contributed by atoms with Crippen LogP contribution in [0.15, 0.2) is 35.9 Å². The molecule has 1 atom stereocenters. The second kappa shape index (κ2) is 6.64. The zero-order chi connectivity index (χ0) is 12.8. The van der Waals surface area contributed by atoms with E-state index in [-0.39, 0.29) is 12.6 Å². The highest BCUT2D eigenvalue weighted by atomic mass is 35.5. The average molecular weight is 256 g/mol. The summed E-state index contributed by atoms with van der Waals surface area (Å²) in [7, 11) is 3.53. The number of methoxy groups -OCH3 is 1. The third kappa shape index (κ3) is 4.04. The van der Waals surface area contributed by atoms with Gasteiger partial charge in [0, 0.05) is 11.6 Å². The molecular formula is C13H18ClNO2. The second-order valence-corrected chi connectivity index (χ2v) is 4.44. The van der Waals surface area contributed by atoms with Gasteiger partial charge in [-0.2, -0.15) is 0 Å². The maximum atomic E-state index is 9.44. The number of aliphatic hydroxyl groups excluding tert-OH is 1. The Labute approximate surface area is 107 Å². The van der Waals surface area contributed by atoms with Gasteiger partial charge >= 0.3 is 0 Å². The molecule has 0 radical (unpaired) electrons. The van der Waals surface area contributed by atoms with Crippen LogP contribution in [0.2, 0.25) is 0 Å². The molecule has 0 aromatic heterocycles. The van der Waals surface area contributed by atoms with Crippen LogP contribution < -0.4 is 4.74 Å². The SMILES string of the molecule is C=C(Cl)CN(C)[C@@H](CO)c1ccc(OC)cc1. The van der Waals surface area contributed by atoms with Crippen molar-refractivity contribution in [3.8, 4) is 5.75 Å². The molecular weight excluding hydrogens is 238 g/mol. The van der Waals surface area contributed by atoms with Gasteiger partial charge in [-0.05, 0) is 24.7 Å². The van der Waals surface area contributed by atoms with Crippen LogP contribution in [0.3, 0.4) is 0 Å². The molecule has 0 heterocycles. The Balaban J connectivity index is 2.81. The zero-order valence-corrected chi connectivity index (χ0v) is 10.9. The normalized spacial score (nSPS) is 12.5. The number of likely N-dealkylation sites (N-methyl/N-ethyl adjacent to an activating group) is 1. The molecule has 0 bridgehead atoms. The highest BCUT2D eigenvalue weighted by molar-refractivity contribution is 6.29. The van der Waals surface area contributed by atoms with E-state index in [1.165, 1.54) is 0 Å². The molecule has 0 unspecified atom stereocenters. The molecule has 0 aliphatic heterocycles. The average Bonchev–Trinajstić information content (AvgIpc) is 2.30. The van der Waals surface area contributed by atoms with Crippen LogP contribution in [-0.2, 0) is 0 Å². The fourth-order valence-electron chi connectivity index (χ4n) is 1.71. The van der Waals surface area contributed by atoms with E-state index in [2.05, 4.69) is 6.58 Å². The molecule has 0 spiro atoms. The van der Waals surface area contributed by atoms with Gasteiger partial charge in [-0.15, -0.1) is 0 Å². The van der Waals surface area contributed by atoms with Crippen molar-refractivity contribution in [1.82, 2.24) is 4.90 Å². The predicted molar refractivity (Wildman–Crippen MR) is 70.4 cm³/mol. The first-order chi connectivity index (χ1) is 8.08. The van der Waals surface area contributed by atoms with E-state index in [0.29, 0.717) is 11.6 Å². The van der Waals surface area contributed by atoms with E-state index in [0.717, 1.165) is 11.3 Å². The summed E-state index contributed by atoms with van der Waals surface area (Å²) in [5.41, 5.74) is 1.02. The van der Waals surface area contributed by atoms with E-state index in [9.17, 15) is 5.11 Å². The maximum absolute atomic E-state index is 9.44. The topological polar surface area (TPSA) is 32.7 Å². The Hall–Kier alpha value is -1.03. The summed E-state index contributed by atoms with van der Waals surface area (Å²) in [5, 5.41) is 10.00. The summed E-state index contributed by atoms with van der Waals surface area (Å²) in [6.07, 6.45) is 0. The van der Waals surface area contributed by atoms with Crippen molar-refractivity contribution in [1.29, 1.82) is 0 Å². The highest BCUT2D eigenvalue weighted by Crippen LogP contribution is 2.22. The monoisotopic (exact) mass is 255 g/mol. The highest BCUT2D eigenvalue weighted by Gasteiger charge is 2.16. The molecule has 0 fully saturated rings. The standard InChI is InChI=1S/C13H18ClNO2/c1-10(14)8-15(2)13(9-16)11-4-6-12(17-3)7-5-11/h4-7,13,16H,1,8-9H2,2-3H3/t13-/m0/s1. The van der Waals surface area contributed by atoms with E-state index in [1.807, 2.05) is 36.2 Å². The first-order valence-corrected chi connectivity index (χ1v) is 5.74. The van der Waals surface area contributed by atoms with Crippen LogP contribution >= 0.6 is 11.6 Å². The Morgan fingerprint density at radius 3 is 2.47 bits per heavy atom. The van der Waals surface area contributed by atoms with Crippen LogP contribution in [-0.4, -0.2) is 37.3 Å². The fraction of sp³-hybridized carbons (Fsp3) is 0.385. The van der Waals surface area contributed by atoms with Gasteiger partial charge in [0.1, 0.15) is 5.75 Å². The van der Waals surface area contributed by atoms with Gasteiger partial charge in [-0.25, -0.2) is 0 Å². The van der Waals surface area contributed by atoms with E-state index in [4.69, 9.17) is 16.3 Å². The van der Waals surface area contributed by atoms with Crippen molar-refractivity contribution in [3.05, 3.63) is 41.4 Å². The van der Waals surface area contributed by atoms with Crippen LogP contribution in [0, 0.1) is 0 Å². The molecule has 3 nitrogen and oxygen atoms in total. The number of hydrogen-bond donors (Lipinski definition) is 1. The van der Waals surface area contributed by atoms with Gasteiger partial charge in [-0.3, -0.25) is 4.90 Å². The Morgan fingerprint density at radius 1 is 1.47 bits per heavy atom. The molecule has 4 heteroatoms. The number of rotatable bonds is 6. The van der Waals surface area contributed by atoms with Crippen LogP contribution in [0.5, 0.6) is 5.75 Å². The molecule has 17 heavy (non-hydrogen) atoms.